The molecule has 0 saturated heterocycles. The summed E-state index contributed by atoms with van der Waals surface area (Å²) >= 11 is 0. The fourth-order valence-electron chi connectivity index (χ4n) is 0. The molecule has 0 aliphatic carbocycles. The Morgan fingerprint density at radius 2 is 1.25 bits per heavy atom. The molecule has 4 heavy (non-hydrogen) atoms. The van der Waals surface area contributed by atoms with E-state index in [-0.39, 0.29) is 23.9 Å². The largest absolute Gasteiger partial charge is 0.0523 e. The second-order valence-electron chi connectivity index (χ2n) is 0.0583. The van der Waals surface area contributed by atoms with Gasteiger partial charge in [-0.2, -0.15) is 0 Å². The quantitative estimate of drug-likeness (QED) is 0.561. The third kappa shape index (κ3) is 9.29. The fraction of sp³-hybridized carbons (Fsp3) is 0. The summed E-state index contributed by atoms with van der Waals surface area (Å²) in [4.78, 5) is 0. The summed E-state index contributed by atoms with van der Waals surface area (Å²) < 4.78 is 0. The molecule has 0 aromatic rings. The summed E-state index contributed by atoms with van der Waals surface area (Å²) in [6, 6.07) is 0. The van der Waals surface area contributed by atoms with Gasteiger partial charge in [0.2, 0.25) is 0 Å². The monoisotopic (exact) mass is 222 g/mol. The topological polar surface area (TPSA) is 0 Å². The Morgan fingerprint density at radius 1 is 1.25 bits per heavy atom. The molecule has 0 aliphatic rings. The maximum Gasteiger partial charge on any atom is 0.0523 e. The van der Waals surface area contributed by atoms with Gasteiger partial charge in [-0.3, -0.25) is 0 Å². The van der Waals surface area contributed by atoms with Crippen LogP contribution in [-0.4, -0.2) is 23.9 Å². The average molecular weight is 222 g/mol. The van der Waals surface area contributed by atoms with Gasteiger partial charge < -0.3 is 0 Å². The molecule has 0 saturated carbocycles. The molecule has 0 nitrogen and oxygen atoms in total. The van der Waals surface area contributed by atoms with Crippen LogP contribution >= 0.6 is 31.6 Å². The predicted octanol–water partition coefficient (Wildman–Crippen LogP) is 1.65. The van der Waals surface area contributed by atoms with Crippen LogP contribution in [0, 0.1) is 0 Å². The summed E-state index contributed by atoms with van der Waals surface area (Å²) in [6.07, 6.45) is 0. The molecule has 0 atom stereocenters. The van der Waals surface area contributed by atoms with E-state index in [2.05, 4.69) is 21.4 Å². The van der Waals surface area contributed by atoms with E-state index in [0.29, 0.717) is 10.2 Å². The van der Waals surface area contributed by atoms with Gasteiger partial charge in [0.25, 0.3) is 0 Å². The maximum absolute atomic E-state index is 4.68. The van der Waals surface area contributed by atoms with E-state index in [1.165, 1.54) is 0 Å². The number of halogens is 2. The van der Waals surface area contributed by atoms with Crippen molar-refractivity contribution in [3.05, 3.63) is 0 Å². The van der Waals surface area contributed by atoms with E-state index in [1.54, 1.807) is 0 Å². The van der Waals surface area contributed by atoms with Crippen LogP contribution in [0.25, 0.3) is 0 Å². The smallest absolute Gasteiger partial charge is 0.0261 e. The van der Waals surface area contributed by atoms with E-state index in [9.17, 15) is 0 Å². The third-order valence-electron chi connectivity index (χ3n) is 0. The molecule has 24 valence electrons. The predicted molar refractivity (Wildman–Crippen MR) is 25.1 cm³/mol. The van der Waals surface area contributed by atoms with Crippen LogP contribution in [0.2, 0.25) is 0 Å². The van der Waals surface area contributed by atoms with Crippen molar-refractivity contribution in [3.8, 4) is 0 Å². The van der Waals surface area contributed by atoms with Crippen LogP contribution in [0.4, 0.5) is 0 Å². The minimum absolute atomic E-state index is 0. The van der Waals surface area contributed by atoms with Gasteiger partial charge in [0.15, 0.2) is 0 Å². The summed E-state index contributed by atoms with van der Waals surface area (Å²) in [7, 11) is 10.1. The number of rotatable bonds is 0. The van der Waals surface area contributed by atoms with Gasteiger partial charge in [-0.25, -0.2) is 0 Å². The molecule has 0 aromatic carbocycles. The van der Waals surface area contributed by atoms with E-state index in [4.69, 9.17) is 0 Å². The Balaban J connectivity index is 0. The Kier molecular flexibility index (Phi) is 20.3. The van der Waals surface area contributed by atoms with Crippen molar-refractivity contribution in [2.75, 3.05) is 0 Å². The van der Waals surface area contributed by atoms with Gasteiger partial charge >= 0.3 is 0 Å². The molecule has 0 amide bonds. The van der Waals surface area contributed by atoms with Crippen LogP contribution in [-0.2, 0) is 0 Å². The molecule has 4 radical (unpaired) electrons. The van der Waals surface area contributed by atoms with Crippen LogP contribution in [0.3, 0.4) is 0 Å². The fourth-order valence-corrected chi connectivity index (χ4v) is 0. The summed E-state index contributed by atoms with van der Waals surface area (Å²) in [6.45, 7) is 0. The van der Waals surface area contributed by atoms with Crippen molar-refractivity contribution in [1.29, 1.82) is 0 Å². The van der Waals surface area contributed by atoms with E-state index < -0.39 is 0 Å². The Hall–Kier alpha value is 1.73. The van der Waals surface area contributed by atoms with Gasteiger partial charge in [-0.15, -0.1) is 0 Å². The van der Waals surface area contributed by atoms with Gasteiger partial charge in [0.05, 0.1) is 10.2 Å². The van der Waals surface area contributed by atoms with Crippen LogP contribution in [0.1, 0.15) is 0 Å². The van der Waals surface area contributed by atoms with Crippen LogP contribution in [0.5, 0.6) is 0 Å². The Bertz CT molecular complexity index is 6.00. The molecule has 0 aliphatic heterocycles. The Morgan fingerprint density at radius 3 is 1.25 bits per heavy atom. The minimum Gasteiger partial charge on any atom is -0.0261 e. The number of hydrogen-bond acceptors (Lipinski definition) is 1. The second kappa shape index (κ2) is 8.83. The molecule has 0 spiro atoms. The maximum atomic E-state index is 4.68. The second-order valence-corrected chi connectivity index (χ2v) is 1.57. The zero-order chi connectivity index (χ0) is 2.71. The van der Waals surface area contributed by atoms with Crippen molar-refractivity contribution < 1.29 is 0 Å². The average Bonchev–Trinajstić information content (AvgIpc) is 0.918. The van der Waals surface area contributed by atoms with Crippen molar-refractivity contribution >= 4 is 55.5 Å². The first kappa shape index (κ1) is 9.21. The summed E-state index contributed by atoms with van der Waals surface area (Å²) in [5, 5.41) is 0. The molecular weight excluding hydrogens is 222 g/mol. The molecule has 0 rings (SSSR count). The van der Waals surface area contributed by atoms with E-state index in [0.717, 1.165) is 0 Å². The molecule has 4 heteroatoms. The first-order valence-corrected chi connectivity index (χ1v) is 2.78. The first-order valence-electron chi connectivity index (χ1n) is 0.309. The van der Waals surface area contributed by atoms with Crippen molar-refractivity contribution in [1.82, 2.24) is 0 Å². The molecule has 0 heterocycles. The molecule has 0 bridgehead atoms. The van der Waals surface area contributed by atoms with Crippen molar-refractivity contribution in [2.45, 2.75) is 0 Å². The third-order valence-corrected chi connectivity index (χ3v) is 0. The van der Waals surface area contributed by atoms with Gasteiger partial charge in [-0.05, 0) is 21.4 Å². The van der Waals surface area contributed by atoms with Gasteiger partial charge in [0, 0.05) is 23.9 Å². The van der Waals surface area contributed by atoms with Crippen molar-refractivity contribution in [3.63, 3.8) is 0 Å². The molecular formula is Cl2SSn. The van der Waals surface area contributed by atoms with E-state index in [1.807, 2.05) is 0 Å². The molecule has 0 fully saturated rings. The van der Waals surface area contributed by atoms with Crippen molar-refractivity contribution in [2.24, 2.45) is 0 Å². The molecule has 0 N–H and O–H groups in total. The summed E-state index contributed by atoms with van der Waals surface area (Å²) in [5.41, 5.74) is 0. The summed E-state index contributed by atoms with van der Waals surface area (Å²) in [5.74, 6) is 0. The standard InChI is InChI=1S/Cl2S.Sn/c1-3-2;. The minimum atomic E-state index is 0. The van der Waals surface area contributed by atoms with Gasteiger partial charge in [-0.1, -0.05) is 0 Å². The Labute approximate surface area is 55.2 Å². The molecule has 0 aromatic heterocycles. The normalized spacial score (nSPS) is 4.50. The zero-order valence-electron chi connectivity index (χ0n) is 1.66. The number of hydrogen-bond donors (Lipinski definition) is 0. The molecule has 0 unspecified atom stereocenters. The SMILES string of the molecule is ClSCl.[Sn]. The van der Waals surface area contributed by atoms with Crippen LogP contribution in [0.15, 0.2) is 0 Å². The van der Waals surface area contributed by atoms with E-state index >= 15 is 0 Å². The van der Waals surface area contributed by atoms with Gasteiger partial charge in [0.1, 0.15) is 0 Å². The first-order chi connectivity index (χ1) is 1.41. The zero-order valence-corrected chi connectivity index (χ0v) is 6.85. The van der Waals surface area contributed by atoms with Crippen LogP contribution < -0.4 is 0 Å².